The third-order valence-corrected chi connectivity index (χ3v) is 2.90. The van der Waals surface area contributed by atoms with E-state index in [4.69, 9.17) is 9.47 Å². The van der Waals surface area contributed by atoms with Crippen molar-refractivity contribution in [2.24, 2.45) is 0 Å². The molecule has 16 heavy (non-hydrogen) atoms. The van der Waals surface area contributed by atoms with Gasteiger partial charge in [0.05, 0.1) is 18.8 Å². The lowest BCUT2D eigenvalue weighted by atomic mass is 10.1. The van der Waals surface area contributed by atoms with Crippen LogP contribution in [-0.2, 0) is 9.47 Å². The maximum Gasteiger partial charge on any atom is 0.410 e. The number of carbonyl (C=O) groups is 1. The van der Waals surface area contributed by atoms with Crippen molar-refractivity contribution in [3.8, 4) is 0 Å². The summed E-state index contributed by atoms with van der Waals surface area (Å²) in [6, 6.07) is -0.227. The standard InChI is InChI=1S/C11H19NO4/c1-11(2,3)16-10(14)12-5-4-8-9(12)7(13)6-15-8/h7-9,13H,4-6H2,1-3H3/t7-,8-,9-/m1/s1. The molecule has 0 unspecified atom stereocenters. The van der Waals surface area contributed by atoms with Gasteiger partial charge in [0.25, 0.3) is 0 Å². The fraction of sp³-hybridized carbons (Fsp3) is 0.909. The highest BCUT2D eigenvalue weighted by Gasteiger charge is 2.47. The predicted molar refractivity (Wildman–Crippen MR) is 57.1 cm³/mol. The average molecular weight is 229 g/mol. The van der Waals surface area contributed by atoms with Crippen molar-refractivity contribution in [2.45, 2.75) is 51.0 Å². The summed E-state index contributed by atoms with van der Waals surface area (Å²) in [5, 5.41) is 9.74. The molecule has 2 heterocycles. The van der Waals surface area contributed by atoms with Crippen LogP contribution in [0.2, 0.25) is 0 Å². The van der Waals surface area contributed by atoms with Gasteiger partial charge in [-0.1, -0.05) is 0 Å². The van der Waals surface area contributed by atoms with E-state index in [2.05, 4.69) is 0 Å². The summed E-state index contributed by atoms with van der Waals surface area (Å²) < 4.78 is 10.7. The summed E-state index contributed by atoms with van der Waals surface area (Å²) in [6.45, 7) is 6.41. The molecule has 5 heteroatoms. The molecule has 0 bridgehead atoms. The second kappa shape index (κ2) is 3.89. The van der Waals surface area contributed by atoms with Crippen molar-refractivity contribution in [3.05, 3.63) is 0 Å². The third kappa shape index (κ3) is 2.15. The predicted octanol–water partition coefficient (Wildman–Crippen LogP) is 0.756. The van der Waals surface area contributed by atoms with Crippen molar-refractivity contribution >= 4 is 6.09 Å². The minimum atomic E-state index is -0.583. The van der Waals surface area contributed by atoms with Crippen LogP contribution in [0.15, 0.2) is 0 Å². The van der Waals surface area contributed by atoms with Gasteiger partial charge in [0.1, 0.15) is 11.7 Å². The summed E-state index contributed by atoms with van der Waals surface area (Å²) in [5.74, 6) is 0. The van der Waals surface area contributed by atoms with Gasteiger partial charge in [0.15, 0.2) is 0 Å². The Kier molecular flexibility index (Phi) is 2.84. The molecule has 2 rings (SSSR count). The molecule has 0 aromatic carbocycles. The summed E-state index contributed by atoms with van der Waals surface area (Å²) in [5.41, 5.74) is -0.500. The first-order valence-electron chi connectivity index (χ1n) is 5.68. The Hall–Kier alpha value is -0.810. The van der Waals surface area contributed by atoms with Gasteiger partial charge in [-0.2, -0.15) is 0 Å². The summed E-state index contributed by atoms with van der Waals surface area (Å²) in [4.78, 5) is 13.5. The van der Waals surface area contributed by atoms with E-state index in [0.717, 1.165) is 6.42 Å². The molecular formula is C11H19NO4. The number of hydrogen-bond donors (Lipinski definition) is 1. The molecule has 2 fully saturated rings. The van der Waals surface area contributed by atoms with E-state index < -0.39 is 11.7 Å². The van der Waals surface area contributed by atoms with Crippen molar-refractivity contribution in [2.75, 3.05) is 13.2 Å². The number of nitrogens with zero attached hydrogens (tertiary/aromatic N) is 1. The Bertz CT molecular complexity index is 286. The topological polar surface area (TPSA) is 59.0 Å². The number of fused-ring (bicyclic) bond motifs is 1. The Morgan fingerprint density at radius 1 is 1.50 bits per heavy atom. The van der Waals surface area contributed by atoms with Crippen molar-refractivity contribution < 1.29 is 19.4 Å². The summed E-state index contributed by atoms with van der Waals surface area (Å²) in [6.07, 6.45) is -0.187. The number of ether oxygens (including phenoxy) is 2. The quantitative estimate of drug-likeness (QED) is 0.666. The lowest BCUT2D eigenvalue weighted by molar-refractivity contribution is 0.0105. The third-order valence-electron chi connectivity index (χ3n) is 2.90. The SMILES string of the molecule is CC(C)(C)OC(=O)N1CC[C@H]2OC[C@@H](O)[C@H]21. The van der Waals surface area contributed by atoms with Crippen LogP contribution in [0.25, 0.3) is 0 Å². The fourth-order valence-electron chi connectivity index (χ4n) is 2.28. The monoisotopic (exact) mass is 229 g/mol. The lowest BCUT2D eigenvalue weighted by Gasteiger charge is -2.28. The van der Waals surface area contributed by atoms with Gasteiger partial charge in [0.2, 0.25) is 0 Å². The number of aliphatic hydroxyl groups is 1. The van der Waals surface area contributed by atoms with Crippen LogP contribution in [-0.4, -0.2) is 53.1 Å². The zero-order valence-corrected chi connectivity index (χ0v) is 9.97. The van der Waals surface area contributed by atoms with Gasteiger partial charge in [-0.3, -0.25) is 4.90 Å². The minimum absolute atomic E-state index is 0.0254. The first-order chi connectivity index (χ1) is 7.38. The lowest BCUT2D eigenvalue weighted by Crippen LogP contribution is -2.46. The zero-order valence-electron chi connectivity index (χ0n) is 9.97. The molecule has 1 N–H and O–H groups in total. The Morgan fingerprint density at radius 2 is 2.19 bits per heavy atom. The average Bonchev–Trinajstić information content (AvgIpc) is 2.66. The molecule has 2 aliphatic rings. The van der Waals surface area contributed by atoms with E-state index >= 15 is 0 Å². The molecule has 92 valence electrons. The van der Waals surface area contributed by atoms with E-state index in [9.17, 15) is 9.90 Å². The Balaban J connectivity index is 2.02. The van der Waals surface area contributed by atoms with Crippen molar-refractivity contribution in [1.82, 2.24) is 4.90 Å². The molecular weight excluding hydrogens is 210 g/mol. The van der Waals surface area contributed by atoms with Gasteiger partial charge in [0, 0.05) is 6.54 Å². The molecule has 5 nitrogen and oxygen atoms in total. The van der Waals surface area contributed by atoms with E-state index in [1.807, 2.05) is 20.8 Å². The smallest absolute Gasteiger partial charge is 0.410 e. The summed E-state index contributed by atoms with van der Waals surface area (Å²) >= 11 is 0. The molecule has 2 saturated heterocycles. The molecule has 0 radical (unpaired) electrons. The van der Waals surface area contributed by atoms with Gasteiger partial charge < -0.3 is 14.6 Å². The molecule has 2 aliphatic heterocycles. The van der Waals surface area contributed by atoms with Gasteiger partial charge >= 0.3 is 6.09 Å². The molecule has 0 aromatic heterocycles. The van der Waals surface area contributed by atoms with E-state index in [1.165, 1.54) is 0 Å². The van der Waals surface area contributed by atoms with Crippen LogP contribution >= 0.6 is 0 Å². The van der Waals surface area contributed by atoms with Crippen LogP contribution < -0.4 is 0 Å². The molecule has 1 amide bonds. The van der Waals surface area contributed by atoms with Crippen molar-refractivity contribution in [1.29, 1.82) is 0 Å². The number of likely N-dealkylation sites (tertiary alicyclic amines) is 1. The highest BCUT2D eigenvalue weighted by Crippen LogP contribution is 2.30. The molecule has 0 saturated carbocycles. The Morgan fingerprint density at radius 3 is 2.81 bits per heavy atom. The fourth-order valence-corrected chi connectivity index (χ4v) is 2.28. The number of aliphatic hydroxyl groups excluding tert-OH is 1. The number of rotatable bonds is 0. The van der Waals surface area contributed by atoms with Crippen molar-refractivity contribution in [3.63, 3.8) is 0 Å². The maximum atomic E-state index is 11.9. The molecule has 0 spiro atoms. The molecule has 0 aliphatic carbocycles. The number of carbonyl (C=O) groups excluding carboxylic acids is 1. The van der Waals surface area contributed by atoms with Gasteiger partial charge in [-0.25, -0.2) is 4.79 Å². The largest absolute Gasteiger partial charge is 0.444 e. The number of amides is 1. The first kappa shape index (κ1) is 11.7. The van der Waals surface area contributed by atoms with Gasteiger partial charge in [-0.05, 0) is 27.2 Å². The summed E-state index contributed by atoms with van der Waals surface area (Å²) in [7, 11) is 0. The number of hydrogen-bond acceptors (Lipinski definition) is 4. The van der Waals surface area contributed by atoms with Gasteiger partial charge in [-0.15, -0.1) is 0 Å². The van der Waals surface area contributed by atoms with Crippen LogP contribution in [0.5, 0.6) is 0 Å². The van der Waals surface area contributed by atoms with E-state index in [0.29, 0.717) is 13.2 Å². The molecule has 0 aromatic rings. The highest BCUT2D eigenvalue weighted by atomic mass is 16.6. The minimum Gasteiger partial charge on any atom is -0.444 e. The maximum absolute atomic E-state index is 11.9. The first-order valence-corrected chi connectivity index (χ1v) is 5.68. The second-order valence-electron chi connectivity index (χ2n) is 5.39. The zero-order chi connectivity index (χ0) is 11.9. The van der Waals surface area contributed by atoms with Crippen LogP contribution in [0, 0.1) is 0 Å². The van der Waals surface area contributed by atoms with Crippen LogP contribution in [0.1, 0.15) is 27.2 Å². The van der Waals surface area contributed by atoms with E-state index in [1.54, 1.807) is 4.90 Å². The normalized spacial score (nSPS) is 34.0. The van der Waals surface area contributed by atoms with E-state index in [-0.39, 0.29) is 18.2 Å². The Labute approximate surface area is 95.3 Å². The molecule has 3 atom stereocenters. The van der Waals surface area contributed by atoms with Crippen LogP contribution in [0.4, 0.5) is 4.79 Å². The van der Waals surface area contributed by atoms with Crippen LogP contribution in [0.3, 0.4) is 0 Å². The second-order valence-corrected chi connectivity index (χ2v) is 5.39. The highest BCUT2D eigenvalue weighted by molar-refractivity contribution is 5.69.